The summed E-state index contributed by atoms with van der Waals surface area (Å²) in [6.45, 7) is 4.32. The quantitative estimate of drug-likeness (QED) is 0.917. The number of nitrogens with zero attached hydrogens (tertiary/aromatic N) is 2. The second-order valence-electron chi connectivity index (χ2n) is 6.02. The fourth-order valence-electron chi connectivity index (χ4n) is 2.94. The number of benzene rings is 2. The second kappa shape index (κ2) is 7.57. The van der Waals surface area contributed by atoms with Crippen LogP contribution in [0.15, 0.2) is 48.5 Å². The average molecular weight is 358 g/mol. The first kappa shape index (κ1) is 17.3. The molecule has 1 saturated heterocycles. The highest BCUT2D eigenvalue weighted by Crippen LogP contribution is 2.20. The molecule has 25 heavy (non-hydrogen) atoms. The number of halogens is 1. The molecule has 0 aromatic heterocycles. The molecule has 5 nitrogen and oxygen atoms in total. The van der Waals surface area contributed by atoms with E-state index in [0.717, 1.165) is 23.8 Å². The van der Waals surface area contributed by atoms with E-state index in [2.05, 4.69) is 10.2 Å². The SMILES string of the molecule is CC(=O)Nc1cccc(C(=O)N2CCN(c3ccc(Cl)cc3)CC2)c1. The monoisotopic (exact) mass is 357 g/mol. The van der Waals surface area contributed by atoms with E-state index in [9.17, 15) is 9.59 Å². The normalized spacial score (nSPS) is 14.3. The number of anilines is 2. The number of amides is 2. The zero-order valence-electron chi connectivity index (χ0n) is 14.0. The van der Waals surface area contributed by atoms with E-state index >= 15 is 0 Å². The van der Waals surface area contributed by atoms with Gasteiger partial charge in [-0.2, -0.15) is 0 Å². The number of hydrogen-bond acceptors (Lipinski definition) is 3. The van der Waals surface area contributed by atoms with E-state index in [-0.39, 0.29) is 11.8 Å². The molecular weight excluding hydrogens is 338 g/mol. The lowest BCUT2D eigenvalue weighted by molar-refractivity contribution is -0.114. The Morgan fingerprint density at radius 1 is 1.00 bits per heavy atom. The molecule has 1 heterocycles. The van der Waals surface area contributed by atoms with Crippen molar-refractivity contribution in [2.75, 3.05) is 36.4 Å². The van der Waals surface area contributed by atoms with Crippen LogP contribution in [0.2, 0.25) is 5.02 Å². The summed E-state index contributed by atoms with van der Waals surface area (Å²) in [4.78, 5) is 28.0. The van der Waals surface area contributed by atoms with E-state index in [1.165, 1.54) is 6.92 Å². The van der Waals surface area contributed by atoms with Gasteiger partial charge >= 0.3 is 0 Å². The van der Waals surface area contributed by atoms with Crippen LogP contribution in [0.1, 0.15) is 17.3 Å². The number of nitrogens with one attached hydrogen (secondary N) is 1. The van der Waals surface area contributed by atoms with Crippen molar-refractivity contribution in [2.45, 2.75) is 6.92 Å². The van der Waals surface area contributed by atoms with Crippen LogP contribution in [0, 0.1) is 0 Å². The predicted octanol–water partition coefficient (Wildman–Crippen LogP) is 3.26. The van der Waals surface area contributed by atoms with Gasteiger partial charge in [0.1, 0.15) is 0 Å². The number of carbonyl (C=O) groups is 2. The Hall–Kier alpha value is -2.53. The third kappa shape index (κ3) is 4.31. The fraction of sp³-hybridized carbons (Fsp3) is 0.263. The van der Waals surface area contributed by atoms with Gasteiger partial charge in [0.25, 0.3) is 5.91 Å². The minimum Gasteiger partial charge on any atom is -0.368 e. The van der Waals surface area contributed by atoms with Gasteiger partial charge in [-0.1, -0.05) is 17.7 Å². The van der Waals surface area contributed by atoms with Crippen molar-refractivity contribution < 1.29 is 9.59 Å². The molecule has 0 atom stereocenters. The molecule has 2 aromatic carbocycles. The molecule has 1 aliphatic rings. The Morgan fingerprint density at radius 2 is 1.68 bits per heavy atom. The van der Waals surface area contributed by atoms with Crippen LogP contribution in [0.3, 0.4) is 0 Å². The number of rotatable bonds is 3. The average Bonchev–Trinajstić information content (AvgIpc) is 2.62. The Balaban J connectivity index is 1.63. The molecular formula is C19H20ClN3O2. The molecule has 0 unspecified atom stereocenters. The summed E-state index contributed by atoms with van der Waals surface area (Å²) in [6, 6.07) is 14.8. The maximum Gasteiger partial charge on any atom is 0.254 e. The van der Waals surface area contributed by atoms with Crippen LogP contribution in [0.5, 0.6) is 0 Å². The summed E-state index contributed by atoms with van der Waals surface area (Å²) < 4.78 is 0. The molecule has 130 valence electrons. The Labute approximate surface area is 152 Å². The summed E-state index contributed by atoms with van der Waals surface area (Å²) in [5.74, 6) is -0.163. The largest absolute Gasteiger partial charge is 0.368 e. The van der Waals surface area contributed by atoms with E-state index < -0.39 is 0 Å². The highest BCUT2D eigenvalue weighted by molar-refractivity contribution is 6.30. The van der Waals surface area contributed by atoms with Crippen molar-refractivity contribution in [2.24, 2.45) is 0 Å². The summed E-state index contributed by atoms with van der Waals surface area (Å²) in [7, 11) is 0. The van der Waals surface area contributed by atoms with E-state index in [1.807, 2.05) is 29.2 Å². The predicted molar refractivity (Wildman–Crippen MR) is 100 cm³/mol. The van der Waals surface area contributed by atoms with Crippen LogP contribution < -0.4 is 10.2 Å². The van der Waals surface area contributed by atoms with Crippen molar-refractivity contribution in [3.63, 3.8) is 0 Å². The van der Waals surface area contributed by atoms with Gasteiger partial charge in [-0.25, -0.2) is 0 Å². The summed E-state index contributed by atoms with van der Waals surface area (Å²) in [5.41, 5.74) is 2.34. The molecule has 0 saturated carbocycles. The molecule has 2 aromatic rings. The second-order valence-corrected chi connectivity index (χ2v) is 6.45. The van der Waals surface area contributed by atoms with Gasteiger partial charge in [-0.15, -0.1) is 0 Å². The summed E-state index contributed by atoms with van der Waals surface area (Å²) in [5, 5.41) is 3.43. The van der Waals surface area contributed by atoms with Gasteiger partial charge in [-0.3, -0.25) is 9.59 Å². The maximum absolute atomic E-state index is 12.7. The molecule has 3 rings (SSSR count). The Kier molecular flexibility index (Phi) is 5.24. The van der Waals surface area contributed by atoms with Gasteiger partial charge in [0, 0.05) is 55.1 Å². The maximum atomic E-state index is 12.7. The van der Waals surface area contributed by atoms with E-state index in [1.54, 1.807) is 24.3 Å². The minimum atomic E-state index is -0.152. The molecule has 0 radical (unpaired) electrons. The highest BCUT2D eigenvalue weighted by Gasteiger charge is 2.22. The van der Waals surface area contributed by atoms with Crippen LogP contribution in [-0.4, -0.2) is 42.9 Å². The number of hydrogen-bond donors (Lipinski definition) is 1. The van der Waals surface area contributed by atoms with Crippen molar-refractivity contribution >= 4 is 34.8 Å². The lowest BCUT2D eigenvalue weighted by atomic mass is 10.1. The molecule has 0 spiro atoms. The smallest absolute Gasteiger partial charge is 0.254 e. The van der Waals surface area contributed by atoms with Crippen LogP contribution in [0.4, 0.5) is 11.4 Å². The van der Waals surface area contributed by atoms with E-state index in [4.69, 9.17) is 11.6 Å². The molecule has 1 N–H and O–H groups in total. The van der Waals surface area contributed by atoms with Crippen molar-refractivity contribution in [3.05, 3.63) is 59.1 Å². The van der Waals surface area contributed by atoms with Crippen LogP contribution in [0.25, 0.3) is 0 Å². The van der Waals surface area contributed by atoms with Crippen molar-refractivity contribution in [1.82, 2.24) is 4.90 Å². The zero-order chi connectivity index (χ0) is 17.8. The standard InChI is InChI=1S/C19H20ClN3O2/c1-14(24)21-17-4-2-3-15(13-17)19(25)23-11-9-22(10-12-23)18-7-5-16(20)6-8-18/h2-8,13H,9-12H2,1H3,(H,21,24). The first-order valence-electron chi connectivity index (χ1n) is 8.20. The van der Waals surface area contributed by atoms with Crippen molar-refractivity contribution in [1.29, 1.82) is 0 Å². The van der Waals surface area contributed by atoms with E-state index in [0.29, 0.717) is 24.3 Å². The summed E-state index contributed by atoms with van der Waals surface area (Å²) >= 11 is 5.93. The molecule has 0 bridgehead atoms. The third-order valence-electron chi connectivity index (χ3n) is 4.19. The van der Waals surface area contributed by atoms with Gasteiger partial charge < -0.3 is 15.1 Å². The van der Waals surface area contributed by atoms with Gasteiger partial charge in [0.15, 0.2) is 0 Å². The lowest BCUT2D eigenvalue weighted by Gasteiger charge is -2.36. The Bertz CT molecular complexity index is 768. The first-order valence-corrected chi connectivity index (χ1v) is 8.58. The zero-order valence-corrected chi connectivity index (χ0v) is 14.8. The number of piperazine rings is 1. The molecule has 6 heteroatoms. The van der Waals surface area contributed by atoms with Gasteiger partial charge in [0.05, 0.1) is 0 Å². The number of carbonyl (C=O) groups excluding carboxylic acids is 2. The molecule has 2 amide bonds. The lowest BCUT2D eigenvalue weighted by Crippen LogP contribution is -2.48. The van der Waals surface area contributed by atoms with Gasteiger partial charge in [0.2, 0.25) is 5.91 Å². The topological polar surface area (TPSA) is 52.7 Å². The highest BCUT2D eigenvalue weighted by atomic mass is 35.5. The van der Waals surface area contributed by atoms with Gasteiger partial charge in [-0.05, 0) is 42.5 Å². The third-order valence-corrected chi connectivity index (χ3v) is 4.44. The molecule has 1 aliphatic heterocycles. The summed E-state index contributed by atoms with van der Waals surface area (Å²) in [6.07, 6.45) is 0. The van der Waals surface area contributed by atoms with Crippen LogP contribution in [-0.2, 0) is 4.79 Å². The molecule has 0 aliphatic carbocycles. The minimum absolute atomic E-state index is 0.0111. The molecule has 1 fully saturated rings. The van der Waals surface area contributed by atoms with Crippen molar-refractivity contribution in [3.8, 4) is 0 Å². The van der Waals surface area contributed by atoms with Crippen LogP contribution >= 0.6 is 11.6 Å². The Morgan fingerprint density at radius 3 is 2.32 bits per heavy atom. The fourth-order valence-corrected chi connectivity index (χ4v) is 3.06. The first-order chi connectivity index (χ1) is 12.0.